The summed E-state index contributed by atoms with van der Waals surface area (Å²) in [7, 11) is 4.16. The minimum atomic E-state index is 0.378. The Balaban J connectivity index is 2.32. The van der Waals surface area contributed by atoms with Gasteiger partial charge >= 0.3 is 0 Å². The summed E-state index contributed by atoms with van der Waals surface area (Å²) < 4.78 is 0. The van der Waals surface area contributed by atoms with Crippen LogP contribution < -0.4 is 5.32 Å². The largest absolute Gasteiger partial charge is 0.309 e. The van der Waals surface area contributed by atoms with Crippen LogP contribution in [-0.4, -0.2) is 37.1 Å². The van der Waals surface area contributed by atoms with E-state index in [1.165, 1.54) is 5.56 Å². The number of likely N-dealkylation sites (N-methyl/N-ethyl adjacent to an activating group) is 1. The molecule has 0 radical (unpaired) electrons. The van der Waals surface area contributed by atoms with Crippen molar-refractivity contribution in [3.63, 3.8) is 0 Å². The molecule has 1 aromatic heterocycles. The minimum absolute atomic E-state index is 0.378. The van der Waals surface area contributed by atoms with E-state index in [0.29, 0.717) is 6.04 Å². The summed E-state index contributed by atoms with van der Waals surface area (Å²) >= 11 is 0. The van der Waals surface area contributed by atoms with E-state index >= 15 is 0 Å². The molecule has 3 nitrogen and oxygen atoms in total. The third-order valence-corrected chi connectivity index (χ3v) is 2.19. The highest BCUT2D eigenvalue weighted by Gasteiger charge is 2.03. The Morgan fingerprint density at radius 2 is 2.29 bits per heavy atom. The molecular weight excluding hydrogens is 174 g/mol. The lowest BCUT2D eigenvalue weighted by Crippen LogP contribution is -2.28. The fourth-order valence-corrected chi connectivity index (χ4v) is 1.25. The number of rotatable bonds is 5. The molecule has 1 rings (SSSR count). The number of hydrogen-bond donors (Lipinski definition) is 1. The number of hydrogen-bond acceptors (Lipinski definition) is 3. The first kappa shape index (κ1) is 11.1. The fraction of sp³-hybridized carbons (Fsp3) is 0.545. The lowest BCUT2D eigenvalue weighted by atomic mass is 10.1. The van der Waals surface area contributed by atoms with Crippen molar-refractivity contribution in [2.45, 2.75) is 13.0 Å². The molecule has 1 heterocycles. The van der Waals surface area contributed by atoms with Gasteiger partial charge in [-0.15, -0.1) is 0 Å². The number of nitrogens with zero attached hydrogens (tertiary/aromatic N) is 2. The van der Waals surface area contributed by atoms with Crippen LogP contribution in [0, 0.1) is 0 Å². The second-order valence-electron chi connectivity index (χ2n) is 3.77. The van der Waals surface area contributed by atoms with Crippen LogP contribution in [0.5, 0.6) is 0 Å². The highest BCUT2D eigenvalue weighted by atomic mass is 15.1. The summed E-state index contributed by atoms with van der Waals surface area (Å²) in [4.78, 5) is 6.27. The number of aromatic nitrogens is 1. The third kappa shape index (κ3) is 3.85. The van der Waals surface area contributed by atoms with Gasteiger partial charge in [-0.25, -0.2) is 0 Å². The van der Waals surface area contributed by atoms with Gasteiger partial charge in [0, 0.05) is 31.5 Å². The Morgan fingerprint density at radius 3 is 2.86 bits per heavy atom. The average molecular weight is 193 g/mol. The van der Waals surface area contributed by atoms with Crippen LogP contribution in [0.2, 0.25) is 0 Å². The van der Waals surface area contributed by atoms with E-state index in [0.717, 1.165) is 13.1 Å². The van der Waals surface area contributed by atoms with Crippen LogP contribution in [-0.2, 0) is 0 Å². The third-order valence-electron chi connectivity index (χ3n) is 2.19. The van der Waals surface area contributed by atoms with Crippen molar-refractivity contribution in [2.24, 2.45) is 0 Å². The molecule has 0 aliphatic rings. The van der Waals surface area contributed by atoms with Crippen molar-refractivity contribution >= 4 is 0 Å². The predicted octanol–water partition coefficient (Wildman–Crippen LogP) is 1.29. The lowest BCUT2D eigenvalue weighted by Gasteiger charge is -2.15. The van der Waals surface area contributed by atoms with Gasteiger partial charge in [0.1, 0.15) is 0 Å². The van der Waals surface area contributed by atoms with Crippen LogP contribution in [0.15, 0.2) is 24.5 Å². The van der Waals surface area contributed by atoms with Gasteiger partial charge in [-0.2, -0.15) is 0 Å². The first-order valence-electron chi connectivity index (χ1n) is 4.98. The molecule has 0 bridgehead atoms. The molecule has 0 aliphatic carbocycles. The topological polar surface area (TPSA) is 28.2 Å². The lowest BCUT2D eigenvalue weighted by molar-refractivity contribution is 0.389. The van der Waals surface area contributed by atoms with Crippen molar-refractivity contribution < 1.29 is 0 Å². The van der Waals surface area contributed by atoms with Crippen molar-refractivity contribution in [1.82, 2.24) is 15.2 Å². The first-order valence-corrected chi connectivity index (χ1v) is 4.98. The molecule has 3 heteroatoms. The van der Waals surface area contributed by atoms with E-state index in [9.17, 15) is 0 Å². The van der Waals surface area contributed by atoms with E-state index < -0.39 is 0 Å². The molecule has 78 valence electrons. The van der Waals surface area contributed by atoms with Crippen LogP contribution in [0.25, 0.3) is 0 Å². The quantitative estimate of drug-likeness (QED) is 0.764. The van der Waals surface area contributed by atoms with E-state index in [2.05, 4.69) is 42.3 Å². The normalized spacial score (nSPS) is 13.1. The van der Waals surface area contributed by atoms with Gasteiger partial charge in [-0.05, 0) is 32.6 Å². The Bertz CT molecular complexity index is 246. The van der Waals surface area contributed by atoms with Crippen LogP contribution in [0.3, 0.4) is 0 Å². The molecule has 0 saturated carbocycles. The maximum absolute atomic E-state index is 4.10. The molecule has 0 fully saturated rings. The Kier molecular flexibility index (Phi) is 4.56. The molecular formula is C11H19N3. The van der Waals surface area contributed by atoms with E-state index in [1.807, 2.05) is 12.3 Å². The van der Waals surface area contributed by atoms with Gasteiger partial charge in [-0.3, -0.25) is 4.98 Å². The van der Waals surface area contributed by atoms with Crippen molar-refractivity contribution in [1.29, 1.82) is 0 Å². The summed E-state index contributed by atoms with van der Waals surface area (Å²) in [6.07, 6.45) is 3.71. The second kappa shape index (κ2) is 5.73. The highest BCUT2D eigenvalue weighted by Crippen LogP contribution is 2.08. The van der Waals surface area contributed by atoms with Crippen LogP contribution >= 0.6 is 0 Å². The van der Waals surface area contributed by atoms with Gasteiger partial charge in [0.05, 0.1) is 0 Å². The van der Waals surface area contributed by atoms with Gasteiger partial charge in [0.15, 0.2) is 0 Å². The monoisotopic (exact) mass is 193 g/mol. The fourth-order valence-electron chi connectivity index (χ4n) is 1.25. The molecule has 14 heavy (non-hydrogen) atoms. The molecule has 0 aromatic carbocycles. The van der Waals surface area contributed by atoms with E-state index in [4.69, 9.17) is 0 Å². The molecule has 0 unspecified atom stereocenters. The molecule has 1 aromatic rings. The number of pyridine rings is 1. The SMILES string of the molecule is C[C@H](NCCN(C)C)c1cccnc1. The molecule has 0 spiro atoms. The molecule has 1 N–H and O–H groups in total. The average Bonchev–Trinajstić information content (AvgIpc) is 2.18. The van der Waals surface area contributed by atoms with Gasteiger partial charge in [0.25, 0.3) is 0 Å². The predicted molar refractivity (Wildman–Crippen MR) is 59.2 cm³/mol. The molecule has 0 saturated heterocycles. The van der Waals surface area contributed by atoms with Crippen molar-refractivity contribution in [2.75, 3.05) is 27.2 Å². The van der Waals surface area contributed by atoms with Crippen molar-refractivity contribution in [3.05, 3.63) is 30.1 Å². The Morgan fingerprint density at radius 1 is 1.50 bits per heavy atom. The Labute approximate surface area is 86.2 Å². The smallest absolute Gasteiger partial charge is 0.0315 e. The highest BCUT2D eigenvalue weighted by molar-refractivity contribution is 5.12. The minimum Gasteiger partial charge on any atom is -0.309 e. The maximum atomic E-state index is 4.10. The van der Waals surface area contributed by atoms with E-state index in [-0.39, 0.29) is 0 Å². The van der Waals surface area contributed by atoms with Crippen LogP contribution in [0.4, 0.5) is 0 Å². The summed E-state index contributed by atoms with van der Waals surface area (Å²) in [5.41, 5.74) is 1.24. The Hall–Kier alpha value is -0.930. The number of nitrogens with one attached hydrogen (secondary N) is 1. The summed E-state index contributed by atoms with van der Waals surface area (Å²) in [5.74, 6) is 0. The van der Waals surface area contributed by atoms with Gasteiger partial charge in [-0.1, -0.05) is 6.07 Å². The zero-order valence-corrected chi connectivity index (χ0v) is 9.20. The van der Waals surface area contributed by atoms with Gasteiger partial charge < -0.3 is 10.2 Å². The summed E-state index contributed by atoms with van der Waals surface area (Å²) in [5, 5.41) is 3.45. The van der Waals surface area contributed by atoms with Crippen LogP contribution in [0.1, 0.15) is 18.5 Å². The first-order chi connectivity index (χ1) is 6.70. The molecule has 0 aliphatic heterocycles. The van der Waals surface area contributed by atoms with Gasteiger partial charge in [0.2, 0.25) is 0 Å². The molecule has 1 atom stereocenters. The zero-order valence-electron chi connectivity index (χ0n) is 9.20. The summed E-state index contributed by atoms with van der Waals surface area (Å²) in [6.45, 7) is 4.22. The van der Waals surface area contributed by atoms with E-state index in [1.54, 1.807) is 6.20 Å². The zero-order chi connectivity index (χ0) is 10.4. The summed E-state index contributed by atoms with van der Waals surface area (Å²) in [6, 6.07) is 4.45. The standard InChI is InChI=1S/C11H19N3/c1-10(13-7-8-14(2)3)11-5-4-6-12-9-11/h4-6,9-10,13H,7-8H2,1-3H3/t10-/m0/s1. The maximum Gasteiger partial charge on any atom is 0.0315 e. The second-order valence-corrected chi connectivity index (χ2v) is 3.77. The van der Waals surface area contributed by atoms with Crippen molar-refractivity contribution in [3.8, 4) is 0 Å². The molecule has 0 amide bonds.